The lowest BCUT2D eigenvalue weighted by Crippen LogP contribution is -2.49. The molecule has 1 aliphatic heterocycles. The fourth-order valence-electron chi connectivity index (χ4n) is 2.03. The van der Waals surface area contributed by atoms with Gasteiger partial charge >= 0.3 is 6.18 Å². The van der Waals surface area contributed by atoms with Crippen LogP contribution < -0.4 is 5.73 Å². The lowest BCUT2D eigenvalue weighted by molar-refractivity contribution is -0.136. The van der Waals surface area contributed by atoms with Crippen molar-refractivity contribution in [1.82, 2.24) is 4.90 Å². The molecule has 1 atom stereocenters. The Hall–Kier alpha value is -1.20. The van der Waals surface area contributed by atoms with E-state index >= 15 is 0 Å². The number of hydrogen-bond acceptors (Lipinski definition) is 3. The topological polar surface area (TPSA) is 41.6 Å². The summed E-state index contributed by atoms with van der Waals surface area (Å²) in [5, 5.41) is 0. The van der Waals surface area contributed by atoms with Gasteiger partial charge in [0.1, 0.15) is 0 Å². The Labute approximate surface area is 99.2 Å². The Morgan fingerprint density at radius 1 is 1.59 bits per heavy atom. The quantitative estimate of drug-likeness (QED) is 0.759. The Morgan fingerprint density at radius 2 is 2.24 bits per heavy atom. The van der Waals surface area contributed by atoms with Crippen LogP contribution in [0.4, 0.5) is 13.2 Å². The van der Waals surface area contributed by atoms with Crippen molar-refractivity contribution in [3.05, 3.63) is 12.7 Å². The molecule has 0 aromatic rings. The average Bonchev–Trinajstić information content (AvgIpc) is 2.45. The third-order valence-corrected chi connectivity index (χ3v) is 3.00. The molecule has 98 valence electrons. The zero-order chi connectivity index (χ0) is 13.1. The van der Waals surface area contributed by atoms with Gasteiger partial charge in [-0.2, -0.15) is 13.2 Å². The SMILES string of the molecule is C=CCN1C(N)=NCC1(C)CCCC(F)(F)F. The molecule has 0 bridgehead atoms. The van der Waals surface area contributed by atoms with Gasteiger partial charge in [0.2, 0.25) is 0 Å². The molecule has 0 spiro atoms. The summed E-state index contributed by atoms with van der Waals surface area (Å²) in [7, 11) is 0. The highest BCUT2D eigenvalue weighted by atomic mass is 19.4. The molecule has 3 nitrogen and oxygen atoms in total. The highest BCUT2D eigenvalue weighted by Gasteiger charge is 2.38. The van der Waals surface area contributed by atoms with Crippen LogP contribution in [0.15, 0.2) is 17.6 Å². The van der Waals surface area contributed by atoms with Crippen molar-refractivity contribution >= 4 is 5.96 Å². The summed E-state index contributed by atoms with van der Waals surface area (Å²) < 4.78 is 36.3. The number of halogens is 3. The van der Waals surface area contributed by atoms with Crippen molar-refractivity contribution in [1.29, 1.82) is 0 Å². The van der Waals surface area contributed by atoms with Crippen molar-refractivity contribution in [3.8, 4) is 0 Å². The minimum atomic E-state index is -4.09. The van der Waals surface area contributed by atoms with Crippen molar-refractivity contribution in [3.63, 3.8) is 0 Å². The summed E-state index contributed by atoms with van der Waals surface area (Å²) in [4.78, 5) is 5.91. The maximum atomic E-state index is 12.1. The third kappa shape index (κ3) is 3.64. The second kappa shape index (κ2) is 4.98. The summed E-state index contributed by atoms with van der Waals surface area (Å²) in [6.45, 7) is 6.46. The van der Waals surface area contributed by atoms with Crippen LogP contribution in [0.1, 0.15) is 26.2 Å². The molecule has 0 amide bonds. The van der Waals surface area contributed by atoms with Crippen LogP contribution in [0.2, 0.25) is 0 Å². The number of nitrogens with two attached hydrogens (primary N) is 1. The second-order valence-electron chi connectivity index (χ2n) is 4.54. The molecule has 0 aromatic heterocycles. The summed E-state index contributed by atoms with van der Waals surface area (Å²) >= 11 is 0. The fourth-order valence-corrected chi connectivity index (χ4v) is 2.03. The first-order valence-electron chi connectivity index (χ1n) is 5.54. The molecular formula is C11H18F3N3. The van der Waals surface area contributed by atoms with Gasteiger partial charge in [0, 0.05) is 13.0 Å². The first-order chi connectivity index (χ1) is 7.78. The molecule has 1 unspecified atom stereocenters. The molecule has 2 N–H and O–H groups in total. The molecule has 1 aliphatic rings. The van der Waals surface area contributed by atoms with Crippen molar-refractivity contribution in [2.75, 3.05) is 13.1 Å². The normalized spacial score (nSPS) is 24.9. The zero-order valence-electron chi connectivity index (χ0n) is 9.93. The smallest absolute Gasteiger partial charge is 0.370 e. The number of nitrogens with zero attached hydrogens (tertiary/aromatic N) is 2. The molecular weight excluding hydrogens is 231 g/mol. The number of hydrogen-bond donors (Lipinski definition) is 1. The van der Waals surface area contributed by atoms with Gasteiger partial charge in [-0.3, -0.25) is 4.99 Å². The van der Waals surface area contributed by atoms with Crippen LogP contribution in [-0.2, 0) is 0 Å². The predicted molar refractivity (Wildman–Crippen MR) is 61.7 cm³/mol. The van der Waals surface area contributed by atoms with E-state index in [4.69, 9.17) is 5.73 Å². The van der Waals surface area contributed by atoms with Crippen LogP contribution in [0.5, 0.6) is 0 Å². The summed E-state index contributed by atoms with van der Waals surface area (Å²) in [5.74, 6) is 0.388. The van der Waals surface area contributed by atoms with E-state index in [1.807, 2.05) is 11.8 Å². The Kier molecular flexibility index (Phi) is 4.06. The van der Waals surface area contributed by atoms with Crippen LogP contribution in [0.25, 0.3) is 0 Å². The molecule has 0 fully saturated rings. The first-order valence-corrected chi connectivity index (χ1v) is 5.54. The molecule has 0 saturated carbocycles. The maximum absolute atomic E-state index is 12.1. The molecule has 1 heterocycles. The van der Waals surface area contributed by atoms with E-state index in [9.17, 15) is 13.2 Å². The van der Waals surface area contributed by atoms with E-state index in [0.29, 0.717) is 25.5 Å². The lowest BCUT2D eigenvalue weighted by atomic mass is 9.93. The van der Waals surface area contributed by atoms with Gasteiger partial charge in [-0.15, -0.1) is 6.58 Å². The summed E-state index contributed by atoms with van der Waals surface area (Å²) in [6.07, 6.45) is -2.66. The van der Waals surface area contributed by atoms with Crippen LogP contribution >= 0.6 is 0 Å². The van der Waals surface area contributed by atoms with E-state index in [2.05, 4.69) is 11.6 Å². The minimum absolute atomic E-state index is 0.0937. The van der Waals surface area contributed by atoms with Crippen LogP contribution in [-0.4, -0.2) is 35.7 Å². The number of aliphatic imine (C=N–C) groups is 1. The van der Waals surface area contributed by atoms with Gasteiger partial charge in [0.15, 0.2) is 5.96 Å². The lowest BCUT2D eigenvalue weighted by Gasteiger charge is -2.35. The van der Waals surface area contributed by atoms with E-state index in [-0.39, 0.29) is 6.42 Å². The monoisotopic (exact) mass is 249 g/mol. The van der Waals surface area contributed by atoms with Gasteiger partial charge in [-0.1, -0.05) is 6.08 Å². The third-order valence-electron chi connectivity index (χ3n) is 3.00. The number of rotatable bonds is 5. The molecule has 0 saturated heterocycles. The fraction of sp³-hybridized carbons (Fsp3) is 0.727. The van der Waals surface area contributed by atoms with Crippen LogP contribution in [0, 0.1) is 0 Å². The van der Waals surface area contributed by atoms with E-state index in [1.54, 1.807) is 6.08 Å². The highest BCUT2D eigenvalue weighted by molar-refractivity contribution is 5.81. The van der Waals surface area contributed by atoms with E-state index < -0.39 is 18.1 Å². The van der Waals surface area contributed by atoms with Gasteiger partial charge in [0.25, 0.3) is 0 Å². The predicted octanol–water partition coefficient (Wildman–Crippen LogP) is 2.29. The van der Waals surface area contributed by atoms with Gasteiger partial charge in [0.05, 0.1) is 12.1 Å². The van der Waals surface area contributed by atoms with Gasteiger partial charge in [-0.05, 0) is 19.8 Å². The van der Waals surface area contributed by atoms with E-state index in [0.717, 1.165) is 0 Å². The standard InChI is InChI=1S/C11H18F3N3/c1-3-7-17-9(15)16-8-10(17,2)5-4-6-11(12,13)14/h3H,1,4-8H2,2H3,(H2,15,16). The molecule has 6 heteroatoms. The highest BCUT2D eigenvalue weighted by Crippen LogP contribution is 2.30. The maximum Gasteiger partial charge on any atom is 0.389 e. The number of alkyl halides is 3. The van der Waals surface area contributed by atoms with Crippen molar-refractivity contribution in [2.45, 2.75) is 37.9 Å². The van der Waals surface area contributed by atoms with Crippen molar-refractivity contribution in [2.24, 2.45) is 10.7 Å². The van der Waals surface area contributed by atoms with Crippen molar-refractivity contribution < 1.29 is 13.2 Å². The average molecular weight is 249 g/mol. The molecule has 0 aromatic carbocycles. The molecule has 1 rings (SSSR count). The zero-order valence-corrected chi connectivity index (χ0v) is 9.93. The van der Waals surface area contributed by atoms with Crippen LogP contribution in [0.3, 0.4) is 0 Å². The summed E-state index contributed by atoms with van der Waals surface area (Å²) in [6, 6.07) is 0. The van der Waals surface area contributed by atoms with E-state index in [1.165, 1.54) is 0 Å². The summed E-state index contributed by atoms with van der Waals surface area (Å²) in [5.41, 5.74) is 5.29. The minimum Gasteiger partial charge on any atom is -0.370 e. The Bertz CT molecular complexity index is 312. The second-order valence-corrected chi connectivity index (χ2v) is 4.54. The molecule has 0 aliphatic carbocycles. The van der Waals surface area contributed by atoms with Gasteiger partial charge < -0.3 is 10.6 Å². The van der Waals surface area contributed by atoms with Gasteiger partial charge in [-0.25, -0.2) is 0 Å². The molecule has 0 radical (unpaired) electrons. The largest absolute Gasteiger partial charge is 0.389 e. The Morgan fingerprint density at radius 3 is 2.76 bits per heavy atom. The Balaban J connectivity index is 2.53. The first kappa shape index (κ1) is 13.9. The molecule has 17 heavy (non-hydrogen) atoms. The number of guanidine groups is 1.